The topological polar surface area (TPSA) is 94.0 Å². The molecule has 0 saturated carbocycles. The first-order valence-corrected chi connectivity index (χ1v) is 5.94. The average Bonchev–Trinajstić information content (AvgIpc) is 2.40. The molecule has 1 aromatic heterocycles. The van der Waals surface area contributed by atoms with Crippen molar-refractivity contribution in [3.8, 4) is 0 Å². The molecule has 0 fully saturated rings. The fourth-order valence-electron chi connectivity index (χ4n) is 1.71. The maximum atomic E-state index is 10.9. The number of carbonyl (C=O) groups is 1. The van der Waals surface area contributed by atoms with Gasteiger partial charge >= 0.3 is 0 Å². The number of hydrogen-bond acceptors (Lipinski definition) is 4. The van der Waals surface area contributed by atoms with Gasteiger partial charge in [-0.3, -0.25) is 4.79 Å². The van der Waals surface area contributed by atoms with Crippen LogP contribution in [0.4, 0.5) is 11.5 Å². The Morgan fingerprint density at radius 3 is 2.42 bits per heavy atom. The van der Waals surface area contributed by atoms with Crippen LogP contribution in [0.1, 0.15) is 28.9 Å². The van der Waals surface area contributed by atoms with Crippen molar-refractivity contribution in [1.29, 1.82) is 0 Å². The Balaban J connectivity index is 2.08. The summed E-state index contributed by atoms with van der Waals surface area (Å²) in [5.41, 5.74) is 13.0. The molecule has 5 heteroatoms. The SMILES string of the molecule is CC(Nc1ccc(C(N)=O)cn1)c1ccc(N)cc1. The molecule has 1 aromatic carbocycles. The molecular weight excluding hydrogens is 240 g/mol. The third-order valence-corrected chi connectivity index (χ3v) is 2.85. The van der Waals surface area contributed by atoms with Crippen LogP contribution < -0.4 is 16.8 Å². The van der Waals surface area contributed by atoms with E-state index in [1.165, 1.54) is 6.20 Å². The molecule has 0 aliphatic rings. The van der Waals surface area contributed by atoms with Crippen LogP contribution in [0.2, 0.25) is 0 Å². The summed E-state index contributed by atoms with van der Waals surface area (Å²) in [6, 6.07) is 11.1. The van der Waals surface area contributed by atoms with Crippen molar-refractivity contribution in [2.45, 2.75) is 13.0 Å². The molecule has 2 aromatic rings. The van der Waals surface area contributed by atoms with Crippen molar-refractivity contribution < 1.29 is 4.79 Å². The zero-order valence-electron chi connectivity index (χ0n) is 10.6. The lowest BCUT2D eigenvalue weighted by Gasteiger charge is -2.15. The summed E-state index contributed by atoms with van der Waals surface area (Å²) in [6.07, 6.45) is 1.46. The van der Waals surface area contributed by atoms with E-state index in [2.05, 4.69) is 10.3 Å². The minimum atomic E-state index is -0.481. The largest absolute Gasteiger partial charge is 0.399 e. The predicted molar refractivity (Wildman–Crippen MR) is 75.6 cm³/mol. The van der Waals surface area contributed by atoms with E-state index in [9.17, 15) is 4.79 Å². The molecule has 2 rings (SSSR count). The molecule has 0 aliphatic carbocycles. The minimum absolute atomic E-state index is 0.0903. The lowest BCUT2D eigenvalue weighted by Crippen LogP contribution is -2.12. The Morgan fingerprint density at radius 1 is 1.21 bits per heavy atom. The Kier molecular flexibility index (Phi) is 3.66. The molecule has 0 aliphatic heterocycles. The highest BCUT2D eigenvalue weighted by Gasteiger charge is 2.06. The summed E-state index contributed by atoms with van der Waals surface area (Å²) in [4.78, 5) is 15.1. The van der Waals surface area contributed by atoms with Crippen LogP contribution >= 0.6 is 0 Å². The highest BCUT2D eigenvalue weighted by Crippen LogP contribution is 2.18. The molecule has 0 spiro atoms. The van der Waals surface area contributed by atoms with E-state index in [0.29, 0.717) is 11.4 Å². The molecule has 19 heavy (non-hydrogen) atoms. The summed E-state index contributed by atoms with van der Waals surface area (Å²) in [5.74, 6) is 0.208. The van der Waals surface area contributed by atoms with Gasteiger partial charge in [-0.05, 0) is 36.8 Å². The maximum Gasteiger partial charge on any atom is 0.250 e. The summed E-state index contributed by atoms with van der Waals surface area (Å²) in [6.45, 7) is 2.02. The molecule has 0 saturated heterocycles. The normalized spacial score (nSPS) is 11.8. The number of benzene rings is 1. The molecule has 1 atom stereocenters. The molecular formula is C14H16N4O. The molecule has 5 nitrogen and oxygen atoms in total. The number of nitrogens with one attached hydrogen (secondary N) is 1. The number of rotatable bonds is 4. The van der Waals surface area contributed by atoms with Crippen LogP contribution in [-0.2, 0) is 0 Å². The molecule has 5 N–H and O–H groups in total. The first-order chi connectivity index (χ1) is 9.06. The van der Waals surface area contributed by atoms with Gasteiger partial charge in [-0.1, -0.05) is 12.1 Å². The molecule has 1 heterocycles. The van der Waals surface area contributed by atoms with E-state index >= 15 is 0 Å². The Morgan fingerprint density at radius 2 is 1.89 bits per heavy atom. The molecule has 0 radical (unpaired) electrons. The van der Waals surface area contributed by atoms with Gasteiger partial charge in [0.2, 0.25) is 5.91 Å². The third kappa shape index (κ3) is 3.22. The zero-order valence-corrected chi connectivity index (χ0v) is 10.6. The number of hydrogen-bond donors (Lipinski definition) is 3. The zero-order chi connectivity index (χ0) is 13.8. The van der Waals surface area contributed by atoms with Crippen LogP contribution in [0.25, 0.3) is 0 Å². The van der Waals surface area contributed by atoms with Gasteiger partial charge in [0.05, 0.1) is 5.56 Å². The minimum Gasteiger partial charge on any atom is -0.399 e. The van der Waals surface area contributed by atoms with Crippen molar-refractivity contribution >= 4 is 17.4 Å². The number of carbonyl (C=O) groups excluding carboxylic acids is 1. The fourth-order valence-corrected chi connectivity index (χ4v) is 1.71. The van der Waals surface area contributed by atoms with Gasteiger partial charge in [0.1, 0.15) is 5.82 Å². The number of pyridine rings is 1. The van der Waals surface area contributed by atoms with E-state index in [4.69, 9.17) is 11.5 Å². The predicted octanol–water partition coefficient (Wildman–Crippen LogP) is 1.94. The first-order valence-electron chi connectivity index (χ1n) is 5.94. The van der Waals surface area contributed by atoms with E-state index in [1.807, 2.05) is 31.2 Å². The van der Waals surface area contributed by atoms with Gasteiger partial charge in [-0.2, -0.15) is 0 Å². The first kappa shape index (κ1) is 12.9. The van der Waals surface area contributed by atoms with Crippen LogP contribution in [0.5, 0.6) is 0 Å². The summed E-state index contributed by atoms with van der Waals surface area (Å²) >= 11 is 0. The lowest BCUT2D eigenvalue weighted by molar-refractivity contribution is 0.1000. The maximum absolute atomic E-state index is 10.9. The van der Waals surface area contributed by atoms with E-state index in [0.717, 1.165) is 11.3 Å². The number of anilines is 2. The van der Waals surface area contributed by atoms with Crippen LogP contribution in [0, 0.1) is 0 Å². The monoisotopic (exact) mass is 256 g/mol. The van der Waals surface area contributed by atoms with Crippen molar-refractivity contribution in [2.24, 2.45) is 5.73 Å². The van der Waals surface area contributed by atoms with Gasteiger partial charge in [0, 0.05) is 17.9 Å². The molecule has 1 unspecified atom stereocenters. The second-order valence-corrected chi connectivity index (χ2v) is 4.33. The highest BCUT2D eigenvalue weighted by atomic mass is 16.1. The van der Waals surface area contributed by atoms with E-state index in [-0.39, 0.29) is 6.04 Å². The van der Waals surface area contributed by atoms with Crippen molar-refractivity contribution in [3.63, 3.8) is 0 Å². The number of nitrogens with two attached hydrogens (primary N) is 2. The second kappa shape index (κ2) is 5.39. The second-order valence-electron chi connectivity index (χ2n) is 4.33. The molecule has 98 valence electrons. The van der Waals surface area contributed by atoms with Crippen molar-refractivity contribution in [1.82, 2.24) is 4.98 Å². The quantitative estimate of drug-likeness (QED) is 0.728. The fraction of sp³-hybridized carbons (Fsp3) is 0.143. The number of aromatic nitrogens is 1. The van der Waals surface area contributed by atoms with E-state index in [1.54, 1.807) is 12.1 Å². The summed E-state index contributed by atoms with van der Waals surface area (Å²) in [5, 5.41) is 3.24. The average molecular weight is 256 g/mol. The molecule has 0 bridgehead atoms. The number of amides is 1. The van der Waals surface area contributed by atoms with Crippen LogP contribution in [0.15, 0.2) is 42.6 Å². The Bertz CT molecular complexity index is 563. The van der Waals surface area contributed by atoms with Crippen molar-refractivity contribution in [3.05, 3.63) is 53.7 Å². The Labute approximate surface area is 111 Å². The lowest BCUT2D eigenvalue weighted by atomic mass is 10.1. The number of nitrogens with zero attached hydrogens (tertiary/aromatic N) is 1. The highest BCUT2D eigenvalue weighted by molar-refractivity contribution is 5.92. The van der Waals surface area contributed by atoms with Crippen molar-refractivity contribution in [2.75, 3.05) is 11.1 Å². The van der Waals surface area contributed by atoms with Gasteiger partial charge < -0.3 is 16.8 Å². The van der Waals surface area contributed by atoms with E-state index < -0.39 is 5.91 Å². The third-order valence-electron chi connectivity index (χ3n) is 2.85. The summed E-state index contributed by atoms with van der Waals surface area (Å²) in [7, 11) is 0. The van der Waals surface area contributed by atoms with Gasteiger partial charge in [0.15, 0.2) is 0 Å². The van der Waals surface area contributed by atoms with Crippen LogP contribution in [-0.4, -0.2) is 10.9 Å². The van der Waals surface area contributed by atoms with Crippen LogP contribution in [0.3, 0.4) is 0 Å². The molecule has 1 amide bonds. The Hall–Kier alpha value is -2.56. The number of primary amides is 1. The number of nitrogen functional groups attached to an aromatic ring is 1. The standard InChI is InChI=1S/C14H16N4O/c1-9(10-2-5-12(15)6-3-10)18-13-7-4-11(8-17-13)14(16)19/h2-9H,15H2,1H3,(H2,16,19)(H,17,18). The van der Waals surface area contributed by atoms with Gasteiger partial charge in [0.25, 0.3) is 0 Å². The smallest absolute Gasteiger partial charge is 0.250 e. The summed E-state index contributed by atoms with van der Waals surface area (Å²) < 4.78 is 0. The van der Waals surface area contributed by atoms with Gasteiger partial charge in [-0.25, -0.2) is 4.98 Å². The van der Waals surface area contributed by atoms with Gasteiger partial charge in [-0.15, -0.1) is 0 Å².